The lowest BCUT2D eigenvalue weighted by Gasteiger charge is -2.18. The third-order valence-electron chi connectivity index (χ3n) is 2.42. The molecule has 80 valence electrons. The molecule has 2 nitrogen and oxygen atoms in total. The van der Waals surface area contributed by atoms with Gasteiger partial charge in [0.25, 0.3) is 0 Å². The van der Waals surface area contributed by atoms with Gasteiger partial charge in [0, 0.05) is 10.6 Å². The topological polar surface area (TPSA) is 29.1 Å². The molecule has 4 heteroatoms. The van der Waals surface area contributed by atoms with Gasteiger partial charge in [0.05, 0.1) is 11.1 Å². The predicted octanol–water partition coefficient (Wildman–Crippen LogP) is 2.90. The van der Waals surface area contributed by atoms with Crippen LogP contribution in [0.1, 0.15) is 13.8 Å². The maximum absolute atomic E-state index is 13.4. The van der Waals surface area contributed by atoms with E-state index in [9.17, 15) is 9.18 Å². The quantitative estimate of drug-likeness (QED) is 0.735. The summed E-state index contributed by atoms with van der Waals surface area (Å²) in [5.41, 5.74) is -0.145. The van der Waals surface area contributed by atoms with E-state index in [-0.39, 0.29) is 11.7 Å². The van der Waals surface area contributed by atoms with E-state index in [0.717, 1.165) is 4.90 Å². The van der Waals surface area contributed by atoms with Crippen LogP contribution in [0.4, 0.5) is 10.1 Å². The normalized spacial score (nSPS) is 19.0. The summed E-state index contributed by atoms with van der Waals surface area (Å²) in [7, 11) is 0. The van der Waals surface area contributed by atoms with Crippen LogP contribution in [0.2, 0.25) is 0 Å². The van der Waals surface area contributed by atoms with Crippen LogP contribution in [0.15, 0.2) is 23.1 Å². The number of thioether (sulfide) groups is 1. The molecule has 1 aliphatic heterocycles. The Morgan fingerprint density at radius 3 is 2.93 bits per heavy atom. The van der Waals surface area contributed by atoms with E-state index in [1.54, 1.807) is 6.07 Å². The van der Waals surface area contributed by atoms with Gasteiger partial charge in [-0.1, -0.05) is 19.9 Å². The molecule has 1 N–H and O–H groups in total. The van der Waals surface area contributed by atoms with E-state index in [4.69, 9.17) is 0 Å². The van der Waals surface area contributed by atoms with Gasteiger partial charge in [0.15, 0.2) is 0 Å². The zero-order valence-corrected chi connectivity index (χ0v) is 9.45. The number of amides is 1. The molecule has 0 spiro atoms. The van der Waals surface area contributed by atoms with Crippen molar-refractivity contribution in [3.8, 4) is 0 Å². The number of nitrogens with one attached hydrogen (secondary N) is 1. The molecule has 0 fully saturated rings. The van der Waals surface area contributed by atoms with E-state index in [1.807, 2.05) is 19.9 Å². The Kier molecular flexibility index (Phi) is 2.46. The highest BCUT2D eigenvalue weighted by atomic mass is 32.2. The van der Waals surface area contributed by atoms with Gasteiger partial charge in [0.2, 0.25) is 5.91 Å². The molecule has 1 aliphatic rings. The third kappa shape index (κ3) is 1.86. The summed E-state index contributed by atoms with van der Waals surface area (Å²) in [6.45, 7) is 3.72. The van der Waals surface area contributed by atoms with Crippen molar-refractivity contribution in [2.24, 2.45) is 5.41 Å². The number of halogens is 1. The fourth-order valence-corrected chi connectivity index (χ4v) is 2.47. The average molecular weight is 225 g/mol. The highest BCUT2D eigenvalue weighted by Crippen LogP contribution is 2.38. The van der Waals surface area contributed by atoms with Crippen molar-refractivity contribution < 1.29 is 9.18 Å². The lowest BCUT2D eigenvalue weighted by Crippen LogP contribution is -2.31. The Balaban J connectivity index is 2.45. The van der Waals surface area contributed by atoms with Gasteiger partial charge >= 0.3 is 0 Å². The van der Waals surface area contributed by atoms with E-state index in [0.29, 0.717) is 11.4 Å². The second-order valence-electron chi connectivity index (χ2n) is 4.24. The molecule has 0 radical (unpaired) electrons. The summed E-state index contributed by atoms with van der Waals surface area (Å²) >= 11 is 1.51. The Labute approximate surface area is 92.3 Å². The summed E-state index contributed by atoms with van der Waals surface area (Å²) in [6, 6.07) is 4.84. The minimum Gasteiger partial charge on any atom is -0.322 e. The number of hydrogen-bond acceptors (Lipinski definition) is 2. The molecular formula is C11H12FNOS. The third-order valence-corrected chi connectivity index (χ3v) is 3.93. The summed E-state index contributed by atoms with van der Waals surface area (Å²) in [6.07, 6.45) is 0. The minimum atomic E-state index is -0.462. The number of fused-ring (bicyclic) bond motifs is 1. The zero-order chi connectivity index (χ0) is 11.1. The maximum atomic E-state index is 13.4. The fourth-order valence-electron chi connectivity index (χ4n) is 1.35. The van der Waals surface area contributed by atoms with E-state index in [2.05, 4.69) is 5.32 Å². The molecular weight excluding hydrogens is 213 g/mol. The number of rotatable bonds is 0. The first-order valence-corrected chi connectivity index (χ1v) is 5.72. The van der Waals surface area contributed by atoms with Crippen LogP contribution in [-0.4, -0.2) is 11.7 Å². The van der Waals surface area contributed by atoms with E-state index in [1.165, 1.54) is 17.8 Å². The molecule has 15 heavy (non-hydrogen) atoms. The molecule has 1 heterocycles. The number of hydrogen-bond donors (Lipinski definition) is 1. The molecule has 0 saturated heterocycles. The number of anilines is 1. The monoisotopic (exact) mass is 225 g/mol. The molecule has 1 amide bonds. The summed E-state index contributed by atoms with van der Waals surface area (Å²) in [4.78, 5) is 12.6. The van der Waals surface area contributed by atoms with Crippen LogP contribution in [0, 0.1) is 11.2 Å². The lowest BCUT2D eigenvalue weighted by atomic mass is 9.95. The highest BCUT2D eigenvalue weighted by molar-refractivity contribution is 7.99. The number of benzene rings is 1. The van der Waals surface area contributed by atoms with Crippen molar-refractivity contribution in [2.75, 3.05) is 11.1 Å². The van der Waals surface area contributed by atoms with Crippen molar-refractivity contribution in [2.45, 2.75) is 18.7 Å². The van der Waals surface area contributed by atoms with Crippen LogP contribution in [0.3, 0.4) is 0 Å². The molecule has 0 saturated carbocycles. The molecule has 0 aliphatic carbocycles. The average Bonchev–Trinajstić information content (AvgIpc) is 2.28. The van der Waals surface area contributed by atoms with Crippen LogP contribution in [-0.2, 0) is 4.79 Å². The van der Waals surface area contributed by atoms with Gasteiger partial charge in [0.1, 0.15) is 5.82 Å². The van der Waals surface area contributed by atoms with Gasteiger partial charge in [-0.15, -0.1) is 11.8 Å². The van der Waals surface area contributed by atoms with Gasteiger partial charge in [-0.25, -0.2) is 4.39 Å². The Hall–Kier alpha value is -1.03. The first-order valence-electron chi connectivity index (χ1n) is 4.73. The first kappa shape index (κ1) is 10.5. The predicted molar refractivity (Wildman–Crippen MR) is 59.5 cm³/mol. The number of para-hydroxylation sites is 1. The number of carbonyl (C=O) groups excluding carboxylic acids is 1. The Morgan fingerprint density at radius 1 is 1.47 bits per heavy atom. The fraction of sp³-hybridized carbons (Fsp3) is 0.364. The molecule has 1 aromatic rings. The Morgan fingerprint density at radius 2 is 2.20 bits per heavy atom. The zero-order valence-electron chi connectivity index (χ0n) is 8.63. The van der Waals surface area contributed by atoms with Crippen LogP contribution in [0.5, 0.6) is 0 Å². The van der Waals surface area contributed by atoms with Crippen molar-refractivity contribution in [1.29, 1.82) is 0 Å². The largest absolute Gasteiger partial charge is 0.322 e. The standard InChI is InChI=1S/C11H12FNOS/c1-11(2)6-15-8-5-3-4-7(12)9(8)13-10(11)14/h3-5H,6H2,1-2H3,(H,13,14). The van der Waals surface area contributed by atoms with Crippen molar-refractivity contribution in [3.05, 3.63) is 24.0 Å². The first-order chi connectivity index (χ1) is 7.00. The van der Waals surface area contributed by atoms with Gasteiger partial charge in [-0.3, -0.25) is 4.79 Å². The number of carbonyl (C=O) groups is 1. The second kappa shape index (κ2) is 3.52. The van der Waals surface area contributed by atoms with Crippen molar-refractivity contribution in [1.82, 2.24) is 0 Å². The molecule has 0 bridgehead atoms. The van der Waals surface area contributed by atoms with Gasteiger partial charge in [-0.05, 0) is 12.1 Å². The minimum absolute atomic E-state index is 0.126. The van der Waals surface area contributed by atoms with Crippen molar-refractivity contribution in [3.63, 3.8) is 0 Å². The maximum Gasteiger partial charge on any atom is 0.230 e. The van der Waals surface area contributed by atoms with Gasteiger partial charge in [-0.2, -0.15) is 0 Å². The summed E-state index contributed by atoms with van der Waals surface area (Å²) < 4.78 is 13.4. The van der Waals surface area contributed by atoms with Crippen LogP contribution in [0.25, 0.3) is 0 Å². The molecule has 0 atom stereocenters. The van der Waals surface area contributed by atoms with E-state index < -0.39 is 5.41 Å². The molecule has 0 aromatic heterocycles. The summed E-state index contributed by atoms with van der Waals surface area (Å²) in [5.74, 6) is 0.167. The molecule has 1 aromatic carbocycles. The second-order valence-corrected chi connectivity index (χ2v) is 5.26. The van der Waals surface area contributed by atoms with Crippen molar-refractivity contribution >= 4 is 23.4 Å². The SMILES string of the molecule is CC1(C)CSc2cccc(F)c2NC1=O. The molecule has 2 rings (SSSR count). The highest BCUT2D eigenvalue weighted by Gasteiger charge is 2.32. The summed E-state index contributed by atoms with van der Waals surface area (Å²) in [5, 5.41) is 2.65. The Bertz CT molecular complexity index is 417. The van der Waals surface area contributed by atoms with Crippen LogP contribution < -0.4 is 5.32 Å². The van der Waals surface area contributed by atoms with Gasteiger partial charge < -0.3 is 5.32 Å². The van der Waals surface area contributed by atoms with Crippen LogP contribution >= 0.6 is 11.8 Å². The van der Waals surface area contributed by atoms with E-state index >= 15 is 0 Å². The molecule has 0 unspecified atom stereocenters. The smallest absolute Gasteiger partial charge is 0.230 e. The lowest BCUT2D eigenvalue weighted by molar-refractivity contribution is -0.122.